The number of anilines is 2. The molecule has 0 saturated heterocycles. The molecule has 0 atom stereocenters. The first-order valence-corrected chi connectivity index (χ1v) is 10.3. The fourth-order valence-electron chi connectivity index (χ4n) is 3.25. The van der Waals surface area contributed by atoms with Crippen molar-refractivity contribution in [2.24, 2.45) is 0 Å². The average Bonchev–Trinajstić information content (AvgIpc) is 3.28. The van der Waals surface area contributed by atoms with Crippen LogP contribution in [0, 0.1) is 10.1 Å². The van der Waals surface area contributed by atoms with Crippen LogP contribution in [-0.4, -0.2) is 20.1 Å². The van der Waals surface area contributed by atoms with Gasteiger partial charge in [0.1, 0.15) is 0 Å². The SMILES string of the molecule is O=[N+]([O-])c1cccc(-c2ccc(Nc3nc(-c4ccc5ccccc5c4)cs3)nn2)c1. The number of nitrogens with one attached hydrogen (secondary N) is 1. The van der Waals surface area contributed by atoms with E-state index in [2.05, 4.69) is 50.8 Å². The van der Waals surface area contributed by atoms with Crippen molar-refractivity contribution >= 4 is 38.7 Å². The smallest absolute Gasteiger partial charge is 0.270 e. The highest BCUT2D eigenvalue weighted by Gasteiger charge is 2.10. The van der Waals surface area contributed by atoms with E-state index in [1.54, 1.807) is 24.3 Å². The topological polar surface area (TPSA) is 93.8 Å². The van der Waals surface area contributed by atoms with Gasteiger partial charge in [-0.25, -0.2) is 4.98 Å². The van der Waals surface area contributed by atoms with Crippen molar-refractivity contribution < 1.29 is 4.92 Å². The Balaban J connectivity index is 1.34. The molecule has 8 heteroatoms. The van der Waals surface area contributed by atoms with Gasteiger partial charge in [-0.2, -0.15) is 0 Å². The standard InChI is InChI=1S/C23H15N5O2S/c29-28(30)19-7-3-6-17(13-19)20-10-11-22(27-26-20)25-23-24-21(14-31-23)18-9-8-15-4-1-2-5-16(15)12-18/h1-14H,(H,24,25,27). The average molecular weight is 425 g/mol. The minimum Gasteiger partial charge on any atom is -0.315 e. The first kappa shape index (κ1) is 18.8. The van der Waals surface area contributed by atoms with Crippen LogP contribution in [0.3, 0.4) is 0 Å². The zero-order valence-corrected chi connectivity index (χ0v) is 16.9. The lowest BCUT2D eigenvalue weighted by atomic mass is 10.1. The Morgan fingerprint density at radius 3 is 2.45 bits per heavy atom. The second-order valence-electron chi connectivity index (χ2n) is 6.84. The third-order valence-corrected chi connectivity index (χ3v) is 5.56. The summed E-state index contributed by atoms with van der Waals surface area (Å²) in [7, 11) is 0. The maximum absolute atomic E-state index is 11.0. The van der Waals surface area contributed by atoms with Gasteiger partial charge in [0, 0.05) is 28.6 Å². The third kappa shape index (κ3) is 3.96. The van der Waals surface area contributed by atoms with Crippen molar-refractivity contribution in [3.63, 3.8) is 0 Å². The predicted octanol–water partition coefficient (Wildman–Crippen LogP) is 6.07. The molecule has 0 amide bonds. The summed E-state index contributed by atoms with van der Waals surface area (Å²) in [4.78, 5) is 15.2. The molecule has 0 aliphatic heterocycles. The van der Waals surface area contributed by atoms with Gasteiger partial charge in [-0.05, 0) is 29.0 Å². The lowest BCUT2D eigenvalue weighted by Gasteiger charge is -2.03. The van der Waals surface area contributed by atoms with E-state index in [0.29, 0.717) is 22.2 Å². The van der Waals surface area contributed by atoms with Crippen LogP contribution in [0.25, 0.3) is 33.3 Å². The molecule has 0 saturated carbocycles. The molecule has 2 aromatic heterocycles. The van der Waals surface area contributed by atoms with Gasteiger partial charge in [0.05, 0.1) is 16.3 Å². The number of nitrogens with zero attached hydrogens (tertiary/aromatic N) is 4. The normalized spacial score (nSPS) is 10.8. The van der Waals surface area contributed by atoms with Crippen LogP contribution in [0.2, 0.25) is 0 Å². The van der Waals surface area contributed by atoms with Gasteiger partial charge >= 0.3 is 0 Å². The molecule has 5 rings (SSSR count). The van der Waals surface area contributed by atoms with E-state index >= 15 is 0 Å². The first-order valence-electron chi connectivity index (χ1n) is 9.46. The summed E-state index contributed by atoms with van der Waals surface area (Å²) in [5.74, 6) is 0.550. The second kappa shape index (κ2) is 7.92. The van der Waals surface area contributed by atoms with E-state index in [-0.39, 0.29) is 5.69 Å². The number of thiazole rings is 1. The molecule has 150 valence electrons. The Labute approximate surface area is 181 Å². The molecule has 0 spiro atoms. The summed E-state index contributed by atoms with van der Waals surface area (Å²) in [5.41, 5.74) is 3.16. The van der Waals surface area contributed by atoms with Crippen molar-refractivity contribution in [2.45, 2.75) is 0 Å². The van der Waals surface area contributed by atoms with Crippen LogP contribution in [-0.2, 0) is 0 Å². The monoisotopic (exact) mass is 425 g/mol. The number of nitro benzene ring substituents is 1. The molecule has 0 fully saturated rings. The second-order valence-corrected chi connectivity index (χ2v) is 7.69. The molecule has 2 heterocycles. The van der Waals surface area contributed by atoms with Crippen LogP contribution in [0.1, 0.15) is 0 Å². The van der Waals surface area contributed by atoms with E-state index in [0.717, 1.165) is 11.3 Å². The summed E-state index contributed by atoms with van der Waals surface area (Å²) in [6.07, 6.45) is 0. The molecule has 31 heavy (non-hydrogen) atoms. The van der Waals surface area contributed by atoms with E-state index in [1.165, 1.54) is 34.2 Å². The van der Waals surface area contributed by atoms with Gasteiger partial charge in [-0.3, -0.25) is 10.1 Å². The Morgan fingerprint density at radius 2 is 1.65 bits per heavy atom. The molecule has 1 N–H and O–H groups in total. The fourth-order valence-corrected chi connectivity index (χ4v) is 3.98. The van der Waals surface area contributed by atoms with E-state index in [9.17, 15) is 10.1 Å². The molecule has 5 aromatic rings. The number of aromatic nitrogens is 3. The zero-order chi connectivity index (χ0) is 21.2. The van der Waals surface area contributed by atoms with Crippen molar-refractivity contribution in [1.29, 1.82) is 0 Å². The quantitative estimate of drug-likeness (QED) is 0.271. The Hall–Kier alpha value is -4.17. The van der Waals surface area contributed by atoms with Gasteiger partial charge in [0.2, 0.25) is 0 Å². The molecule has 0 bridgehead atoms. The van der Waals surface area contributed by atoms with Gasteiger partial charge in [-0.15, -0.1) is 21.5 Å². The molecular formula is C23H15N5O2S. The number of fused-ring (bicyclic) bond motifs is 1. The van der Waals surface area contributed by atoms with Gasteiger partial charge < -0.3 is 5.32 Å². The summed E-state index contributed by atoms with van der Waals surface area (Å²) < 4.78 is 0. The molecule has 0 aliphatic rings. The van der Waals surface area contributed by atoms with Crippen LogP contribution >= 0.6 is 11.3 Å². The lowest BCUT2D eigenvalue weighted by molar-refractivity contribution is -0.384. The summed E-state index contributed by atoms with van der Waals surface area (Å²) in [5, 5.41) is 27.6. The summed E-state index contributed by atoms with van der Waals surface area (Å²) in [6, 6.07) is 24.4. The molecule has 0 aliphatic carbocycles. The van der Waals surface area contributed by atoms with Crippen molar-refractivity contribution in [3.8, 4) is 22.5 Å². The number of hydrogen-bond donors (Lipinski definition) is 1. The largest absolute Gasteiger partial charge is 0.315 e. The van der Waals surface area contributed by atoms with E-state index < -0.39 is 4.92 Å². The summed E-state index contributed by atoms with van der Waals surface area (Å²) in [6.45, 7) is 0. The maximum Gasteiger partial charge on any atom is 0.270 e. The highest BCUT2D eigenvalue weighted by atomic mass is 32.1. The minimum absolute atomic E-state index is 0.0190. The van der Waals surface area contributed by atoms with Gasteiger partial charge in [-0.1, -0.05) is 48.5 Å². The van der Waals surface area contributed by atoms with Crippen molar-refractivity contribution in [3.05, 3.63) is 94.4 Å². The highest BCUT2D eigenvalue weighted by Crippen LogP contribution is 2.29. The molecule has 0 unspecified atom stereocenters. The molecule has 0 radical (unpaired) electrons. The van der Waals surface area contributed by atoms with E-state index in [4.69, 9.17) is 0 Å². The minimum atomic E-state index is -0.428. The zero-order valence-electron chi connectivity index (χ0n) is 16.1. The lowest BCUT2D eigenvalue weighted by Crippen LogP contribution is -1.96. The Morgan fingerprint density at radius 1 is 0.806 bits per heavy atom. The number of nitro groups is 1. The predicted molar refractivity (Wildman–Crippen MR) is 122 cm³/mol. The highest BCUT2D eigenvalue weighted by molar-refractivity contribution is 7.14. The van der Waals surface area contributed by atoms with E-state index in [1.807, 2.05) is 17.5 Å². The number of non-ortho nitro benzene ring substituents is 1. The molecule has 7 nitrogen and oxygen atoms in total. The first-order chi connectivity index (χ1) is 15.2. The maximum atomic E-state index is 11.0. The Bertz CT molecular complexity index is 1400. The fraction of sp³-hybridized carbons (Fsp3) is 0. The van der Waals surface area contributed by atoms with Crippen LogP contribution in [0.4, 0.5) is 16.6 Å². The van der Waals surface area contributed by atoms with Crippen molar-refractivity contribution in [1.82, 2.24) is 15.2 Å². The van der Waals surface area contributed by atoms with Crippen LogP contribution in [0.15, 0.2) is 84.2 Å². The number of hydrogen-bond acceptors (Lipinski definition) is 7. The summed E-state index contributed by atoms with van der Waals surface area (Å²) >= 11 is 1.49. The van der Waals surface area contributed by atoms with Gasteiger partial charge in [0.25, 0.3) is 5.69 Å². The van der Waals surface area contributed by atoms with Crippen molar-refractivity contribution in [2.75, 3.05) is 5.32 Å². The molecular weight excluding hydrogens is 410 g/mol. The number of benzene rings is 3. The third-order valence-electron chi connectivity index (χ3n) is 4.80. The van der Waals surface area contributed by atoms with Crippen LogP contribution in [0.5, 0.6) is 0 Å². The molecule has 3 aromatic carbocycles. The van der Waals surface area contributed by atoms with Gasteiger partial charge in [0.15, 0.2) is 10.9 Å². The Kier molecular flexibility index (Phi) is 4.81. The van der Waals surface area contributed by atoms with Crippen LogP contribution < -0.4 is 5.32 Å². The number of rotatable bonds is 5.